The van der Waals surface area contributed by atoms with Crippen LogP contribution in [0.25, 0.3) is 0 Å². The number of hydrogen-bond donors (Lipinski definition) is 2. The molecule has 0 saturated carbocycles. The average Bonchev–Trinajstić information content (AvgIpc) is 2.16. The second-order valence-electron chi connectivity index (χ2n) is 3.51. The third kappa shape index (κ3) is 9.21. The van der Waals surface area contributed by atoms with Crippen LogP contribution in [0.1, 0.15) is 26.7 Å². The van der Waals surface area contributed by atoms with Crippen LogP contribution in [0.2, 0.25) is 0 Å². The van der Waals surface area contributed by atoms with Crippen molar-refractivity contribution in [3.63, 3.8) is 0 Å². The lowest BCUT2D eigenvalue weighted by molar-refractivity contribution is -0.142. The van der Waals surface area contributed by atoms with Crippen LogP contribution in [0.15, 0.2) is 0 Å². The summed E-state index contributed by atoms with van der Waals surface area (Å²) < 4.78 is 4.76. The van der Waals surface area contributed by atoms with Crippen LogP contribution in [0.3, 0.4) is 0 Å². The first-order valence-corrected chi connectivity index (χ1v) is 5.12. The third-order valence-electron chi connectivity index (χ3n) is 2.02. The van der Waals surface area contributed by atoms with Gasteiger partial charge in [0.15, 0.2) is 0 Å². The van der Waals surface area contributed by atoms with Crippen LogP contribution in [0.5, 0.6) is 0 Å². The second kappa shape index (κ2) is 8.23. The first-order valence-electron chi connectivity index (χ1n) is 5.12. The Bertz CT molecular complexity index is 206. The van der Waals surface area contributed by atoms with Crippen LogP contribution >= 0.6 is 0 Å². The van der Waals surface area contributed by atoms with E-state index in [1.165, 1.54) is 0 Å². The average molecular weight is 217 g/mol. The Hall–Kier alpha value is -1.10. The summed E-state index contributed by atoms with van der Waals surface area (Å²) in [7, 11) is 0. The van der Waals surface area contributed by atoms with Crippen molar-refractivity contribution >= 4 is 11.9 Å². The maximum Gasteiger partial charge on any atom is 0.329 e. The zero-order valence-electron chi connectivity index (χ0n) is 9.28. The molecular weight excluding hydrogens is 198 g/mol. The Morgan fingerprint density at radius 1 is 1.47 bits per heavy atom. The van der Waals surface area contributed by atoms with Crippen molar-refractivity contribution in [2.45, 2.75) is 26.7 Å². The molecule has 0 spiro atoms. The molecule has 1 unspecified atom stereocenters. The van der Waals surface area contributed by atoms with Gasteiger partial charge in [-0.2, -0.15) is 0 Å². The van der Waals surface area contributed by atoms with E-state index in [-0.39, 0.29) is 19.1 Å². The Labute approximate surface area is 89.8 Å². The molecule has 0 aliphatic carbocycles. The molecule has 0 bridgehead atoms. The lowest BCUT2D eigenvalue weighted by atomic mass is 10.1. The number of amides is 1. The smallest absolute Gasteiger partial charge is 0.329 e. The Morgan fingerprint density at radius 2 is 2.13 bits per heavy atom. The summed E-state index contributed by atoms with van der Waals surface area (Å²) in [5, 5.41) is 10.9. The van der Waals surface area contributed by atoms with Gasteiger partial charge in [-0.3, -0.25) is 4.79 Å². The highest BCUT2D eigenvalue weighted by molar-refractivity contribution is 5.76. The fraction of sp³-hybridized carbons (Fsp3) is 0.800. The fourth-order valence-electron chi connectivity index (χ4n) is 0.955. The maximum absolute atomic E-state index is 11.2. The number of nitrogens with one attached hydrogen (secondary N) is 1. The van der Waals surface area contributed by atoms with Gasteiger partial charge in [0.1, 0.15) is 6.61 Å². The topological polar surface area (TPSA) is 75.6 Å². The van der Waals surface area contributed by atoms with E-state index in [9.17, 15) is 9.59 Å². The fourth-order valence-corrected chi connectivity index (χ4v) is 0.955. The van der Waals surface area contributed by atoms with Gasteiger partial charge in [-0.25, -0.2) is 4.79 Å². The summed E-state index contributed by atoms with van der Waals surface area (Å²) in [6.45, 7) is 4.33. The van der Waals surface area contributed by atoms with Gasteiger partial charge in [0.05, 0.1) is 6.61 Å². The minimum atomic E-state index is -0.999. The molecule has 2 N–H and O–H groups in total. The maximum atomic E-state index is 11.2. The van der Waals surface area contributed by atoms with E-state index >= 15 is 0 Å². The van der Waals surface area contributed by atoms with Crippen molar-refractivity contribution in [3.8, 4) is 0 Å². The first kappa shape index (κ1) is 13.9. The zero-order valence-corrected chi connectivity index (χ0v) is 9.28. The van der Waals surface area contributed by atoms with Gasteiger partial charge in [-0.05, 0) is 5.92 Å². The molecule has 15 heavy (non-hydrogen) atoms. The van der Waals surface area contributed by atoms with Crippen LogP contribution in [-0.2, 0) is 14.3 Å². The Morgan fingerprint density at radius 3 is 2.67 bits per heavy atom. The number of hydrogen-bond acceptors (Lipinski definition) is 3. The normalized spacial score (nSPS) is 12.1. The number of carbonyl (C=O) groups excluding carboxylic acids is 1. The molecule has 0 aromatic carbocycles. The largest absolute Gasteiger partial charge is 0.480 e. The van der Waals surface area contributed by atoms with Crippen molar-refractivity contribution in [2.24, 2.45) is 5.92 Å². The molecule has 5 nitrogen and oxygen atoms in total. The lowest BCUT2D eigenvalue weighted by Gasteiger charge is -2.08. The molecule has 0 heterocycles. The van der Waals surface area contributed by atoms with Crippen molar-refractivity contribution in [3.05, 3.63) is 0 Å². The van der Waals surface area contributed by atoms with Crippen LogP contribution < -0.4 is 5.32 Å². The van der Waals surface area contributed by atoms with E-state index in [1.807, 2.05) is 13.8 Å². The second-order valence-corrected chi connectivity index (χ2v) is 3.51. The SMILES string of the molecule is CCC(C)CC(=O)NCCOCC(=O)O. The minimum absolute atomic E-state index is 0.0109. The molecule has 0 saturated heterocycles. The van der Waals surface area contributed by atoms with E-state index in [0.717, 1.165) is 6.42 Å². The van der Waals surface area contributed by atoms with E-state index in [1.54, 1.807) is 0 Å². The lowest BCUT2D eigenvalue weighted by Crippen LogP contribution is -2.28. The highest BCUT2D eigenvalue weighted by atomic mass is 16.5. The summed E-state index contributed by atoms with van der Waals surface area (Å²) in [5.41, 5.74) is 0. The molecule has 0 fully saturated rings. The number of carboxylic acids is 1. The van der Waals surface area contributed by atoms with Crippen molar-refractivity contribution < 1.29 is 19.4 Å². The number of rotatable bonds is 8. The molecule has 0 rings (SSSR count). The molecular formula is C10H19NO4. The first-order chi connectivity index (χ1) is 7.06. The van der Waals surface area contributed by atoms with Crippen LogP contribution in [0.4, 0.5) is 0 Å². The Balaban J connectivity index is 3.35. The van der Waals surface area contributed by atoms with Gasteiger partial charge in [-0.15, -0.1) is 0 Å². The predicted molar refractivity (Wildman–Crippen MR) is 55.5 cm³/mol. The number of ether oxygens (including phenoxy) is 1. The van der Waals surface area contributed by atoms with Gasteiger partial charge in [0, 0.05) is 13.0 Å². The summed E-state index contributed by atoms with van der Waals surface area (Å²) in [6.07, 6.45) is 1.48. The summed E-state index contributed by atoms with van der Waals surface area (Å²) in [6, 6.07) is 0. The highest BCUT2D eigenvalue weighted by Gasteiger charge is 2.06. The van der Waals surface area contributed by atoms with E-state index in [0.29, 0.717) is 18.9 Å². The highest BCUT2D eigenvalue weighted by Crippen LogP contribution is 2.04. The number of aliphatic carboxylic acids is 1. The van der Waals surface area contributed by atoms with Gasteiger partial charge < -0.3 is 15.2 Å². The van der Waals surface area contributed by atoms with E-state index in [4.69, 9.17) is 9.84 Å². The minimum Gasteiger partial charge on any atom is -0.480 e. The van der Waals surface area contributed by atoms with E-state index < -0.39 is 5.97 Å². The number of carbonyl (C=O) groups is 2. The monoisotopic (exact) mass is 217 g/mol. The van der Waals surface area contributed by atoms with Gasteiger partial charge >= 0.3 is 5.97 Å². The molecule has 1 amide bonds. The molecule has 5 heteroatoms. The molecule has 0 aromatic heterocycles. The summed E-state index contributed by atoms with van der Waals surface area (Å²) in [4.78, 5) is 21.3. The standard InChI is InChI=1S/C10H19NO4/c1-3-8(2)6-9(12)11-4-5-15-7-10(13)14/h8H,3-7H2,1-2H3,(H,11,12)(H,13,14). The van der Waals surface area contributed by atoms with Crippen molar-refractivity contribution in [1.29, 1.82) is 0 Å². The molecule has 1 atom stereocenters. The molecule has 0 aliphatic rings. The van der Waals surface area contributed by atoms with Crippen molar-refractivity contribution in [1.82, 2.24) is 5.32 Å². The zero-order chi connectivity index (χ0) is 11.7. The number of carboxylic acid groups (broad SMARTS) is 1. The molecule has 88 valence electrons. The van der Waals surface area contributed by atoms with E-state index in [2.05, 4.69) is 5.32 Å². The molecule has 0 aromatic rings. The quantitative estimate of drug-likeness (QED) is 0.585. The van der Waals surface area contributed by atoms with Gasteiger partial charge in [-0.1, -0.05) is 20.3 Å². The van der Waals surface area contributed by atoms with Gasteiger partial charge in [0.2, 0.25) is 5.91 Å². The summed E-state index contributed by atoms with van der Waals surface area (Å²) >= 11 is 0. The molecule has 0 radical (unpaired) electrons. The molecule has 0 aliphatic heterocycles. The van der Waals surface area contributed by atoms with Crippen LogP contribution in [-0.4, -0.2) is 36.7 Å². The predicted octanol–water partition coefficient (Wildman–Crippen LogP) is 0.640. The third-order valence-corrected chi connectivity index (χ3v) is 2.02. The van der Waals surface area contributed by atoms with Crippen molar-refractivity contribution in [2.75, 3.05) is 19.8 Å². The van der Waals surface area contributed by atoms with Gasteiger partial charge in [0.25, 0.3) is 0 Å². The summed E-state index contributed by atoms with van der Waals surface area (Å²) in [5.74, 6) is -0.630. The Kier molecular flexibility index (Phi) is 7.62. The van der Waals surface area contributed by atoms with Crippen LogP contribution in [0, 0.1) is 5.92 Å².